The van der Waals surface area contributed by atoms with Gasteiger partial charge >= 0.3 is 0 Å². The van der Waals surface area contributed by atoms with Crippen LogP contribution in [0.3, 0.4) is 0 Å². The van der Waals surface area contributed by atoms with Gasteiger partial charge in [0.25, 0.3) is 0 Å². The molecule has 1 saturated carbocycles. The molecule has 0 radical (unpaired) electrons. The van der Waals surface area contributed by atoms with Gasteiger partial charge in [0.2, 0.25) is 11.8 Å². The molecule has 12 heteroatoms. The second-order valence-corrected chi connectivity index (χ2v) is 14.7. The molecule has 2 aromatic rings. The van der Waals surface area contributed by atoms with Crippen LogP contribution < -0.4 is 19.5 Å². The number of nitrogens with zero attached hydrogens (tertiary/aromatic N) is 1. The van der Waals surface area contributed by atoms with Crippen molar-refractivity contribution < 1.29 is 43.5 Å². The summed E-state index contributed by atoms with van der Waals surface area (Å²) in [6.45, 7) is 6.42. The zero-order valence-corrected chi connectivity index (χ0v) is 31.8. The van der Waals surface area contributed by atoms with Crippen LogP contribution in [-0.2, 0) is 20.7 Å². The number of carbonyl (C=O) groups excluding carboxylic acids is 3. The van der Waals surface area contributed by atoms with Crippen molar-refractivity contribution in [3.8, 4) is 17.2 Å². The van der Waals surface area contributed by atoms with E-state index in [0.717, 1.165) is 24.8 Å². The number of aldehydes is 1. The van der Waals surface area contributed by atoms with Gasteiger partial charge in [-0.1, -0.05) is 45.4 Å². The van der Waals surface area contributed by atoms with Crippen molar-refractivity contribution in [2.45, 2.75) is 77.2 Å². The molecule has 2 aromatic carbocycles. The first-order valence-electron chi connectivity index (χ1n) is 17.3. The molecule has 3 N–H and O–H groups in total. The van der Waals surface area contributed by atoms with Crippen LogP contribution in [0.2, 0.25) is 0 Å². The van der Waals surface area contributed by atoms with Gasteiger partial charge in [0, 0.05) is 30.6 Å². The average Bonchev–Trinajstić information content (AvgIpc) is 3.11. The molecule has 0 heterocycles. The van der Waals surface area contributed by atoms with E-state index in [4.69, 9.17) is 18.9 Å². The molecule has 2 aliphatic carbocycles. The topological polar surface area (TPSA) is 144 Å². The van der Waals surface area contributed by atoms with Crippen molar-refractivity contribution in [1.29, 1.82) is 0 Å². The van der Waals surface area contributed by atoms with E-state index in [1.54, 1.807) is 24.2 Å². The Morgan fingerprint density at radius 1 is 1.12 bits per heavy atom. The molecule has 50 heavy (non-hydrogen) atoms. The first-order valence-corrected chi connectivity index (χ1v) is 18.4. The molecule has 2 aliphatic rings. The summed E-state index contributed by atoms with van der Waals surface area (Å²) in [6.07, 6.45) is 3.39. The second kappa shape index (κ2) is 18.9. The third-order valence-corrected chi connectivity index (χ3v) is 10.6. The lowest BCUT2D eigenvalue weighted by molar-refractivity contribution is -0.148. The third kappa shape index (κ3) is 9.98. The van der Waals surface area contributed by atoms with Crippen molar-refractivity contribution in [1.82, 2.24) is 10.2 Å². The van der Waals surface area contributed by atoms with Crippen molar-refractivity contribution in [2.24, 2.45) is 17.8 Å². The van der Waals surface area contributed by atoms with Crippen LogP contribution in [0.15, 0.2) is 48.0 Å². The Hall–Kier alpha value is -3.20. The van der Waals surface area contributed by atoms with E-state index in [2.05, 4.69) is 26.1 Å². The van der Waals surface area contributed by atoms with E-state index in [1.807, 2.05) is 46.9 Å². The van der Waals surface area contributed by atoms with E-state index in [9.17, 15) is 24.6 Å². The monoisotopic (exact) mass is 806 g/mol. The minimum absolute atomic E-state index is 0.0366. The van der Waals surface area contributed by atoms with Crippen LogP contribution in [0.4, 0.5) is 0 Å². The number of amides is 2. The fourth-order valence-corrected chi connectivity index (χ4v) is 7.78. The maximum absolute atomic E-state index is 14.3. The van der Waals surface area contributed by atoms with Crippen LogP contribution in [0.5, 0.6) is 17.2 Å². The zero-order chi connectivity index (χ0) is 36.4. The SMILES string of the molecule is COc1ccccc1CCN(C(=O)COC1CC(C)CCC1C(C)C)C1CC(C(=O)NCCO)=CC(Oc2c(I)cc(C=O)cc2OC)C1O. The van der Waals surface area contributed by atoms with Crippen molar-refractivity contribution in [3.63, 3.8) is 0 Å². The predicted molar refractivity (Wildman–Crippen MR) is 198 cm³/mol. The molecule has 0 aliphatic heterocycles. The Balaban J connectivity index is 1.69. The normalized spacial score (nSPS) is 23.5. The molecule has 0 saturated heterocycles. The number of rotatable bonds is 16. The summed E-state index contributed by atoms with van der Waals surface area (Å²) >= 11 is 2.03. The van der Waals surface area contributed by atoms with Gasteiger partial charge in [-0.25, -0.2) is 0 Å². The first-order chi connectivity index (χ1) is 24.0. The van der Waals surface area contributed by atoms with E-state index >= 15 is 0 Å². The summed E-state index contributed by atoms with van der Waals surface area (Å²) in [5.74, 6) is 1.76. The van der Waals surface area contributed by atoms with Gasteiger partial charge in [-0.15, -0.1) is 0 Å². The third-order valence-electron chi connectivity index (χ3n) is 9.77. The molecule has 6 atom stereocenters. The van der Waals surface area contributed by atoms with Crippen LogP contribution in [0.25, 0.3) is 0 Å². The Morgan fingerprint density at radius 2 is 1.86 bits per heavy atom. The fraction of sp³-hybridized carbons (Fsp3) is 0.553. The number of hydrogen-bond donors (Lipinski definition) is 3. The number of nitrogens with one attached hydrogen (secondary N) is 1. The standard InChI is InChI=1S/C38H51IN2O9/c1-23(2)28-11-10-24(3)16-32(28)49-22-35(44)41(14-12-26-8-6-7-9-31(26)47-4)30-19-27(38(46)40-13-15-42)20-33(36(30)45)50-37-29(39)17-25(21-43)18-34(37)48-5/h6-9,17-18,20-21,23-24,28,30,32-33,36,42,45H,10-16,19,22H2,1-5H3,(H,40,46). The minimum Gasteiger partial charge on any atom is -0.496 e. The lowest BCUT2D eigenvalue weighted by Gasteiger charge is -2.41. The molecule has 0 spiro atoms. The Kier molecular flexibility index (Phi) is 14.9. The molecule has 0 bridgehead atoms. The molecule has 11 nitrogen and oxygen atoms in total. The maximum atomic E-state index is 14.3. The van der Waals surface area contributed by atoms with Crippen molar-refractivity contribution in [3.05, 3.63) is 62.7 Å². The first kappa shape index (κ1) is 39.6. The van der Waals surface area contributed by atoms with Gasteiger partial charge in [-0.05, 0) is 89.4 Å². The smallest absolute Gasteiger partial charge is 0.248 e. The Labute approximate surface area is 308 Å². The maximum Gasteiger partial charge on any atom is 0.248 e. The number of carbonyl (C=O) groups is 3. The van der Waals surface area contributed by atoms with Gasteiger partial charge in [0.1, 0.15) is 30.9 Å². The van der Waals surface area contributed by atoms with E-state index in [0.29, 0.717) is 50.9 Å². The summed E-state index contributed by atoms with van der Waals surface area (Å²) in [5.41, 5.74) is 1.58. The number of aliphatic hydroxyl groups is 2. The van der Waals surface area contributed by atoms with Crippen LogP contribution >= 0.6 is 22.6 Å². The Morgan fingerprint density at radius 3 is 2.54 bits per heavy atom. The lowest BCUT2D eigenvalue weighted by Crippen LogP contribution is -2.56. The highest BCUT2D eigenvalue weighted by molar-refractivity contribution is 14.1. The number of para-hydroxylation sites is 1. The number of halogens is 1. The average molecular weight is 807 g/mol. The van der Waals surface area contributed by atoms with Gasteiger partial charge < -0.3 is 39.4 Å². The van der Waals surface area contributed by atoms with Crippen molar-refractivity contribution >= 4 is 40.7 Å². The van der Waals surface area contributed by atoms with E-state index in [1.165, 1.54) is 13.2 Å². The summed E-state index contributed by atoms with van der Waals surface area (Å²) in [7, 11) is 3.05. The molecular weight excluding hydrogens is 755 g/mol. The summed E-state index contributed by atoms with van der Waals surface area (Å²) in [6, 6.07) is 9.87. The second-order valence-electron chi connectivity index (χ2n) is 13.5. The van der Waals surface area contributed by atoms with Crippen LogP contribution in [-0.4, -0.2) is 98.1 Å². The molecule has 0 aromatic heterocycles. The molecule has 274 valence electrons. The lowest BCUT2D eigenvalue weighted by atomic mass is 9.75. The number of benzene rings is 2. The fourth-order valence-electron chi connectivity index (χ4n) is 7.03. The highest BCUT2D eigenvalue weighted by Crippen LogP contribution is 2.38. The Bertz CT molecular complexity index is 1500. The quantitative estimate of drug-likeness (QED) is 0.164. The zero-order valence-electron chi connectivity index (χ0n) is 29.6. The summed E-state index contributed by atoms with van der Waals surface area (Å²) in [4.78, 5) is 40.8. The van der Waals surface area contributed by atoms with E-state index < -0.39 is 24.2 Å². The van der Waals surface area contributed by atoms with Gasteiger partial charge in [0.05, 0.1) is 36.5 Å². The van der Waals surface area contributed by atoms with Gasteiger partial charge in [-0.3, -0.25) is 14.4 Å². The summed E-state index contributed by atoms with van der Waals surface area (Å²) < 4.78 is 24.5. The van der Waals surface area contributed by atoms with Gasteiger partial charge in [0.15, 0.2) is 11.5 Å². The highest BCUT2D eigenvalue weighted by atomic mass is 127. The molecule has 4 rings (SSSR count). The largest absolute Gasteiger partial charge is 0.496 e. The van der Waals surface area contributed by atoms with Crippen LogP contribution in [0, 0.1) is 21.3 Å². The predicted octanol–water partition coefficient (Wildman–Crippen LogP) is 4.59. The van der Waals surface area contributed by atoms with Gasteiger partial charge in [-0.2, -0.15) is 0 Å². The number of hydrogen-bond acceptors (Lipinski definition) is 9. The number of ether oxygens (including phenoxy) is 4. The highest BCUT2D eigenvalue weighted by Gasteiger charge is 2.41. The molecular formula is C38H51IN2O9. The number of aliphatic hydroxyl groups excluding tert-OH is 2. The van der Waals surface area contributed by atoms with Crippen LogP contribution in [0.1, 0.15) is 62.4 Å². The summed E-state index contributed by atoms with van der Waals surface area (Å²) in [5, 5.41) is 24.1. The van der Waals surface area contributed by atoms with E-state index in [-0.39, 0.29) is 56.2 Å². The number of methoxy groups -OCH3 is 2. The minimum atomic E-state index is -1.25. The molecule has 6 unspecified atom stereocenters. The molecule has 1 fully saturated rings. The van der Waals surface area contributed by atoms with Crippen molar-refractivity contribution in [2.75, 3.05) is 40.5 Å². The molecule has 2 amide bonds.